The molecule has 2 aromatic carbocycles. The molecule has 0 saturated carbocycles. The van der Waals surface area contributed by atoms with Crippen LogP contribution in [0.15, 0.2) is 73.3 Å². The molecule has 5 nitrogen and oxygen atoms in total. The normalized spacial score (nSPS) is 19.9. The zero-order chi connectivity index (χ0) is 22.4. The molecular weight excluding hydrogens is 396 g/mol. The van der Waals surface area contributed by atoms with Gasteiger partial charge in [-0.2, -0.15) is 0 Å². The van der Waals surface area contributed by atoms with Crippen molar-refractivity contribution in [3.63, 3.8) is 0 Å². The highest BCUT2D eigenvalue weighted by molar-refractivity contribution is 5.83. The second-order valence-electron chi connectivity index (χ2n) is 8.97. The van der Waals surface area contributed by atoms with Gasteiger partial charge in [0.25, 0.3) is 0 Å². The number of nitrogens with one attached hydrogen (secondary N) is 1. The Hall–Kier alpha value is -3.05. The maximum absolute atomic E-state index is 13.3. The standard InChI is InChI=1S/C27H32N4O/c1-21(22-9-4-3-5-10-22)18-31-14-8-13-27(19-31,26(32)28-2)15-23-11-6-7-12-25(23)24-16-29-20-30-17-24/h3-7,9-12,16-17,20-21H,8,13-15,18-19H2,1-2H3,(H,28,32)/t21-,27+/m0/s1. The molecule has 0 aliphatic carbocycles. The molecule has 4 rings (SSSR count). The lowest BCUT2D eigenvalue weighted by molar-refractivity contribution is -0.134. The molecule has 1 aliphatic rings. The summed E-state index contributed by atoms with van der Waals surface area (Å²) in [5, 5.41) is 2.97. The molecule has 166 valence electrons. The molecule has 2 heterocycles. The Morgan fingerprint density at radius 3 is 2.56 bits per heavy atom. The lowest BCUT2D eigenvalue weighted by Crippen LogP contribution is -2.53. The Morgan fingerprint density at radius 2 is 1.81 bits per heavy atom. The molecule has 2 atom stereocenters. The van der Waals surface area contributed by atoms with Crippen LogP contribution in [0.5, 0.6) is 0 Å². The van der Waals surface area contributed by atoms with Crippen molar-refractivity contribution in [3.8, 4) is 11.1 Å². The fraction of sp³-hybridized carbons (Fsp3) is 0.370. The Balaban J connectivity index is 1.59. The van der Waals surface area contributed by atoms with E-state index in [0.29, 0.717) is 12.3 Å². The first-order valence-corrected chi connectivity index (χ1v) is 11.4. The molecule has 1 aromatic heterocycles. The highest BCUT2D eigenvalue weighted by Crippen LogP contribution is 2.37. The first-order chi connectivity index (χ1) is 15.6. The van der Waals surface area contributed by atoms with Crippen LogP contribution < -0.4 is 5.32 Å². The molecule has 0 bridgehead atoms. The predicted octanol–water partition coefficient (Wildman–Crippen LogP) is 4.32. The van der Waals surface area contributed by atoms with Gasteiger partial charge in [0.15, 0.2) is 0 Å². The first-order valence-electron chi connectivity index (χ1n) is 11.4. The third-order valence-electron chi connectivity index (χ3n) is 6.68. The van der Waals surface area contributed by atoms with E-state index in [1.807, 2.05) is 18.5 Å². The molecule has 5 heteroatoms. The topological polar surface area (TPSA) is 58.1 Å². The average molecular weight is 429 g/mol. The van der Waals surface area contributed by atoms with Crippen LogP contribution in [0.25, 0.3) is 11.1 Å². The number of hydrogen-bond donors (Lipinski definition) is 1. The summed E-state index contributed by atoms with van der Waals surface area (Å²) in [5.41, 5.74) is 4.16. The van der Waals surface area contributed by atoms with Gasteiger partial charge in [-0.1, -0.05) is 61.5 Å². The van der Waals surface area contributed by atoms with Crippen LogP contribution in [-0.4, -0.2) is 47.5 Å². The van der Waals surface area contributed by atoms with Crippen LogP contribution in [0.4, 0.5) is 0 Å². The zero-order valence-electron chi connectivity index (χ0n) is 19.0. The third kappa shape index (κ3) is 4.89. The van der Waals surface area contributed by atoms with Crippen molar-refractivity contribution in [1.82, 2.24) is 20.2 Å². The number of likely N-dealkylation sites (tertiary alicyclic amines) is 1. The maximum Gasteiger partial charge on any atom is 0.227 e. The number of aromatic nitrogens is 2. The average Bonchev–Trinajstić information content (AvgIpc) is 2.85. The fourth-order valence-corrected chi connectivity index (χ4v) is 5.09. The molecule has 1 N–H and O–H groups in total. The molecule has 3 aromatic rings. The molecule has 0 unspecified atom stereocenters. The Bertz CT molecular complexity index is 1020. The zero-order valence-corrected chi connectivity index (χ0v) is 19.0. The van der Waals surface area contributed by atoms with Crippen molar-refractivity contribution < 1.29 is 4.79 Å². The van der Waals surface area contributed by atoms with Gasteiger partial charge in [-0.3, -0.25) is 4.79 Å². The van der Waals surface area contributed by atoms with E-state index in [2.05, 4.69) is 75.6 Å². The molecule has 1 saturated heterocycles. The van der Waals surface area contributed by atoms with Gasteiger partial charge >= 0.3 is 0 Å². The first kappa shape index (κ1) is 22.2. The summed E-state index contributed by atoms with van der Waals surface area (Å²) < 4.78 is 0. The van der Waals surface area contributed by atoms with E-state index in [4.69, 9.17) is 0 Å². The third-order valence-corrected chi connectivity index (χ3v) is 6.68. The molecule has 1 fully saturated rings. The van der Waals surface area contributed by atoms with Gasteiger partial charge in [-0.25, -0.2) is 9.97 Å². The molecule has 1 amide bonds. The van der Waals surface area contributed by atoms with Crippen LogP contribution >= 0.6 is 0 Å². The summed E-state index contributed by atoms with van der Waals surface area (Å²) in [5.74, 6) is 0.555. The van der Waals surface area contributed by atoms with E-state index >= 15 is 0 Å². The van der Waals surface area contributed by atoms with Gasteiger partial charge in [-0.05, 0) is 48.4 Å². The Kier molecular flexibility index (Phi) is 6.96. The minimum atomic E-state index is -0.449. The predicted molar refractivity (Wildman–Crippen MR) is 128 cm³/mol. The second-order valence-corrected chi connectivity index (χ2v) is 8.97. The van der Waals surface area contributed by atoms with E-state index in [1.54, 1.807) is 13.4 Å². The van der Waals surface area contributed by atoms with Crippen LogP contribution in [-0.2, 0) is 11.2 Å². The van der Waals surface area contributed by atoms with Gasteiger partial charge in [-0.15, -0.1) is 0 Å². The fourth-order valence-electron chi connectivity index (χ4n) is 5.09. The van der Waals surface area contributed by atoms with Gasteiger partial charge in [0.2, 0.25) is 5.91 Å². The molecule has 0 spiro atoms. The Labute approximate surface area is 190 Å². The number of piperidine rings is 1. The van der Waals surface area contributed by atoms with E-state index < -0.39 is 5.41 Å². The van der Waals surface area contributed by atoms with Gasteiger partial charge in [0, 0.05) is 38.1 Å². The van der Waals surface area contributed by atoms with E-state index in [1.165, 1.54) is 11.1 Å². The molecular formula is C27H32N4O. The van der Waals surface area contributed by atoms with Crippen molar-refractivity contribution >= 4 is 5.91 Å². The van der Waals surface area contributed by atoms with Crippen LogP contribution in [0, 0.1) is 5.41 Å². The molecule has 0 radical (unpaired) electrons. The van der Waals surface area contributed by atoms with Crippen LogP contribution in [0.3, 0.4) is 0 Å². The summed E-state index contributed by atoms with van der Waals surface area (Å²) in [7, 11) is 1.76. The minimum Gasteiger partial charge on any atom is -0.359 e. The van der Waals surface area contributed by atoms with Crippen molar-refractivity contribution in [2.75, 3.05) is 26.7 Å². The van der Waals surface area contributed by atoms with Crippen LogP contribution in [0.2, 0.25) is 0 Å². The minimum absolute atomic E-state index is 0.133. The van der Waals surface area contributed by atoms with Gasteiger partial charge in [0.1, 0.15) is 6.33 Å². The lowest BCUT2D eigenvalue weighted by atomic mass is 9.73. The van der Waals surface area contributed by atoms with Gasteiger partial charge < -0.3 is 10.2 Å². The monoisotopic (exact) mass is 428 g/mol. The van der Waals surface area contributed by atoms with Crippen molar-refractivity contribution in [1.29, 1.82) is 0 Å². The molecule has 1 aliphatic heterocycles. The summed E-state index contributed by atoms with van der Waals surface area (Å²) in [6.45, 7) is 5.03. The second kappa shape index (κ2) is 10.0. The number of carbonyl (C=O) groups excluding carboxylic acids is 1. The summed E-state index contributed by atoms with van der Waals surface area (Å²) in [6.07, 6.45) is 7.84. The summed E-state index contributed by atoms with van der Waals surface area (Å²) >= 11 is 0. The SMILES string of the molecule is CNC(=O)[C@@]1(Cc2ccccc2-c2cncnc2)CCCN(C[C@H](C)c2ccccc2)C1. The van der Waals surface area contributed by atoms with E-state index in [0.717, 1.165) is 43.6 Å². The van der Waals surface area contributed by atoms with Crippen molar-refractivity contribution in [3.05, 3.63) is 84.4 Å². The smallest absolute Gasteiger partial charge is 0.227 e. The Morgan fingerprint density at radius 1 is 1.09 bits per heavy atom. The number of benzene rings is 2. The number of hydrogen-bond acceptors (Lipinski definition) is 4. The van der Waals surface area contributed by atoms with Crippen LogP contribution in [0.1, 0.15) is 36.8 Å². The summed E-state index contributed by atoms with van der Waals surface area (Å²) in [6, 6.07) is 19.0. The highest BCUT2D eigenvalue weighted by Gasteiger charge is 2.42. The largest absolute Gasteiger partial charge is 0.359 e. The summed E-state index contributed by atoms with van der Waals surface area (Å²) in [4.78, 5) is 24.1. The molecule has 32 heavy (non-hydrogen) atoms. The highest BCUT2D eigenvalue weighted by atomic mass is 16.2. The van der Waals surface area contributed by atoms with E-state index in [9.17, 15) is 4.79 Å². The number of amides is 1. The van der Waals surface area contributed by atoms with Crippen molar-refractivity contribution in [2.45, 2.75) is 32.1 Å². The quantitative estimate of drug-likeness (QED) is 0.609. The number of carbonyl (C=O) groups is 1. The maximum atomic E-state index is 13.3. The lowest BCUT2D eigenvalue weighted by Gasteiger charge is -2.42. The van der Waals surface area contributed by atoms with Crippen molar-refractivity contribution in [2.24, 2.45) is 5.41 Å². The number of rotatable bonds is 7. The number of nitrogens with zero attached hydrogens (tertiary/aromatic N) is 3. The van der Waals surface area contributed by atoms with E-state index in [-0.39, 0.29) is 5.91 Å². The van der Waals surface area contributed by atoms with Gasteiger partial charge in [0.05, 0.1) is 5.41 Å².